The van der Waals surface area contributed by atoms with Gasteiger partial charge in [-0.15, -0.1) is 0 Å². The zero-order chi connectivity index (χ0) is 13.4. The van der Waals surface area contributed by atoms with Crippen LogP contribution in [-0.4, -0.2) is 15.7 Å². The Bertz CT molecular complexity index is 428. The topological polar surface area (TPSA) is 86.9 Å². The Morgan fingerprint density at radius 3 is 2.29 bits per heavy atom. The van der Waals surface area contributed by atoms with Gasteiger partial charge in [-0.05, 0) is 34.6 Å². The van der Waals surface area contributed by atoms with Gasteiger partial charge in [0.25, 0.3) is 0 Å². The number of carbonyl (C=O) groups is 1. The quantitative estimate of drug-likeness (QED) is 0.827. The molecule has 0 saturated carbocycles. The van der Waals surface area contributed by atoms with E-state index in [1.165, 1.54) is 0 Å². The van der Waals surface area contributed by atoms with Crippen molar-refractivity contribution in [2.75, 3.05) is 0 Å². The minimum Gasteiger partial charge on any atom is -0.370 e. The summed E-state index contributed by atoms with van der Waals surface area (Å²) < 4.78 is 1.94. The summed E-state index contributed by atoms with van der Waals surface area (Å²) in [6, 6.07) is -0.372. The number of aryl methyl sites for hydroxylation is 1. The second-order valence-corrected chi connectivity index (χ2v) is 5.44. The van der Waals surface area contributed by atoms with Crippen LogP contribution in [0.1, 0.15) is 50.2 Å². The van der Waals surface area contributed by atoms with Crippen molar-refractivity contribution >= 4 is 5.91 Å². The Morgan fingerprint density at radius 2 is 1.94 bits per heavy atom. The third-order valence-corrected chi connectivity index (χ3v) is 2.77. The van der Waals surface area contributed by atoms with Crippen LogP contribution in [0.3, 0.4) is 0 Å². The highest BCUT2D eigenvalue weighted by molar-refractivity contribution is 5.74. The van der Waals surface area contributed by atoms with Crippen LogP contribution in [0.4, 0.5) is 0 Å². The van der Waals surface area contributed by atoms with Crippen LogP contribution in [0.15, 0.2) is 0 Å². The Morgan fingerprint density at radius 1 is 1.41 bits per heavy atom. The van der Waals surface area contributed by atoms with Crippen LogP contribution in [-0.2, 0) is 10.3 Å². The molecule has 5 heteroatoms. The standard InChI is InChI=1S/C12H22N4O/c1-7-11(9(13)6-10(14)17)8(2)16(15-7)12(3,4)5/h9H,6,13H2,1-5H3,(H2,14,17). The summed E-state index contributed by atoms with van der Waals surface area (Å²) in [5.74, 6) is -0.389. The van der Waals surface area contributed by atoms with Gasteiger partial charge in [-0.2, -0.15) is 5.10 Å². The van der Waals surface area contributed by atoms with Crippen molar-refractivity contribution in [3.8, 4) is 0 Å². The highest BCUT2D eigenvalue weighted by atomic mass is 16.1. The molecule has 4 N–H and O–H groups in total. The van der Waals surface area contributed by atoms with Crippen molar-refractivity contribution in [2.24, 2.45) is 11.5 Å². The fourth-order valence-corrected chi connectivity index (χ4v) is 2.16. The summed E-state index contributed by atoms with van der Waals surface area (Å²) >= 11 is 0. The zero-order valence-corrected chi connectivity index (χ0v) is 11.2. The molecule has 0 radical (unpaired) electrons. The first kappa shape index (κ1) is 13.7. The van der Waals surface area contributed by atoms with E-state index in [0.717, 1.165) is 17.0 Å². The Hall–Kier alpha value is -1.36. The Balaban J connectivity index is 3.18. The van der Waals surface area contributed by atoms with Gasteiger partial charge in [-0.1, -0.05) is 0 Å². The van der Waals surface area contributed by atoms with E-state index in [1.807, 2.05) is 18.5 Å². The fraction of sp³-hybridized carbons (Fsp3) is 0.667. The molecule has 96 valence electrons. The predicted molar refractivity (Wildman–Crippen MR) is 67.4 cm³/mol. The molecule has 1 unspecified atom stereocenters. The first-order valence-electron chi connectivity index (χ1n) is 5.75. The molecule has 0 spiro atoms. The van der Waals surface area contributed by atoms with E-state index in [-0.39, 0.29) is 23.9 Å². The van der Waals surface area contributed by atoms with E-state index < -0.39 is 0 Å². The molecule has 0 aromatic carbocycles. The van der Waals surface area contributed by atoms with Crippen molar-refractivity contribution < 1.29 is 4.79 Å². The normalized spacial score (nSPS) is 13.8. The van der Waals surface area contributed by atoms with Gasteiger partial charge in [-0.25, -0.2) is 0 Å². The minimum atomic E-state index is -0.389. The van der Waals surface area contributed by atoms with Crippen molar-refractivity contribution in [3.05, 3.63) is 17.0 Å². The van der Waals surface area contributed by atoms with Gasteiger partial charge in [0.2, 0.25) is 5.91 Å². The van der Waals surface area contributed by atoms with Crippen molar-refractivity contribution in [1.82, 2.24) is 9.78 Å². The van der Waals surface area contributed by atoms with Crippen molar-refractivity contribution in [1.29, 1.82) is 0 Å². The second kappa shape index (κ2) is 4.49. The van der Waals surface area contributed by atoms with Crippen LogP contribution < -0.4 is 11.5 Å². The van der Waals surface area contributed by atoms with Gasteiger partial charge in [0.15, 0.2) is 0 Å². The SMILES string of the molecule is Cc1nn(C(C)(C)C)c(C)c1C(N)CC(N)=O. The summed E-state index contributed by atoms with van der Waals surface area (Å²) in [7, 11) is 0. The summed E-state index contributed by atoms with van der Waals surface area (Å²) in [4.78, 5) is 10.9. The van der Waals surface area contributed by atoms with Crippen LogP contribution in [0.2, 0.25) is 0 Å². The Kier molecular flexibility index (Phi) is 3.62. The molecule has 0 fully saturated rings. The molecule has 1 atom stereocenters. The highest BCUT2D eigenvalue weighted by Gasteiger charge is 2.24. The van der Waals surface area contributed by atoms with E-state index >= 15 is 0 Å². The van der Waals surface area contributed by atoms with E-state index in [4.69, 9.17) is 11.5 Å². The fourth-order valence-electron chi connectivity index (χ4n) is 2.16. The molecule has 1 aromatic rings. The van der Waals surface area contributed by atoms with E-state index in [2.05, 4.69) is 25.9 Å². The van der Waals surface area contributed by atoms with Gasteiger partial charge < -0.3 is 11.5 Å². The number of hydrogen-bond donors (Lipinski definition) is 2. The summed E-state index contributed by atoms with van der Waals surface area (Å²) in [6.45, 7) is 10.1. The Labute approximate surface area is 102 Å². The lowest BCUT2D eigenvalue weighted by atomic mass is 10.0. The minimum absolute atomic E-state index is 0.0977. The maximum atomic E-state index is 10.9. The van der Waals surface area contributed by atoms with Crippen LogP contribution in [0, 0.1) is 13.8 Å². The zero-order valence-electron chi connectivity index (χ0n) is 11.2. The molecule has 1 rings (SSSR count). The number of primary amides is 1. The first-order chi connectivity index (χ1) is 7.64. The average Bonchev–Trinajstić information content (AvgIpc) is 2.39. The lowest BCUT2D eigenvalue weighted by Gasteiger charge is -2.22. The predicted octanol–water partition coefficient (Wildman–Crippen LogP) is 1.13. The summed E-state index contributed by atoms with van der Waals surface area (Å²) in [5.41, 5.74) is 13.9. The van der Waals surface area contributed by atoms with E-state index in [0.29, 0.717) is 0 Å². The largest absolute Gasteiger partial charge is 0.370 e. The lowest BCUT2D eigenvalue weighted by Crippen LogP contribution is -2.25. The smallest absolute Gasteiger partial charge is 0.219 e. The number of hydrogen-bond acceptors (Lipinski definition) is 3. The summed E-state index contributed by atoms with van der Waals surface area (Å²) in [5, 5.41) is 4.49. The van der Waals surface area contributed by atoms with Crippen LogP contribution in [0.5, 0.6) is 0 Å². The maximum Gasteiger partial charge on any atom is 0.219 e. The third kappa shape index (κ3) is 2.85. The van der Waals surface area contributed by atoms with Gasteiger partial charge in [-0.3, -0.25) is 9.48 Å². The number of nitrogens with zero attached hydrogens (tertiary/aromatic N) is 2. The van der Waals surface area contributed by atoms with Crippen molar-refractivity contribution in [3.63, 3.8) is 0 Å². The maximum absolute atomic E-state index is 10.9. The average molecular weight is 238 g/mol. The first-order valence-corrected chi connectivity index (χ1v) is 5.75. The molecule has 1 aromatic heterocycles. The number of nitrogens with two attached hydrogens (primary N) is 2. The molecule has 0 aliphatic carbocycles. The molecule has 1 heterocycles. The molecule has 0 bridgehead atoms. The molecule has 1 amide bonds. The van der Waals surface area contributed by atoms with Crippen LogP contribution >= 0.6 is 0 Å². The van der Waals surface area contributed by atoms with Crippen molar-refractivity contribution in [2.45, 2.75) is 52.6 Å². The highest BCUT2D eigenvalue weighted by Crippen LogP contribution is 2.26. The molecule has 5 nitrogen and oxygen atoms in total. The molecule has 17 heavy (non-hydrogen) atoms. The van der Waals surface area contributed by atoms with Gasteiger partial charge in [0.05, 0.1) is 11.2 Å². The van der Waals surface area contributed by atoms with E-state index in [9.17, 15) is 4.79 Å². The molecule has 0 aliphatic heterocycles. The number of rotatable bonds is 3. The van der Waals surface area contributed by atoms with Gasteiger partial charge in [0.1, 0.15) is 0 Å². The van der Waals surface area contributed by atoms with Crippen LogP contribution in [0.25, 0.3) is 0 Å². The van der Waals surface area contributed by atoms with Gasteiger partial charge >= 0.3 is 0 Å². The van der Waals surface area contributed by atoms with E-state index in [1.54, 1.807) is 0 Å². The molecule has 0 saturated heterocycles. The summed E-state index contributed by atoms with van der Waals surface area (Å²) in [6.07, 6.45) is 0.150. The number of amides is 1. The third-order valence-electron chi connectivity index (χ3n) is 2.77. The lowest BCUT2D eigenvalue weighted by molar-refractivity contribution is -0.118. The second-order valence-electron chi connectivity index (χ2n) is 5.44. The monoisotopic (exact) mass is 238 g/mol. The molecular formula is C12H22N4O. The molecule has 0 aliphatic rings. The number of aromatic nitrogens is 2. The number of carbonyl (C=O) groups excluding carboxylic acids is 1. The van der Waals surface area contributed by atoms with Gasteiger partial charge in [0, 0.05) is 23.7 Å². The molecular weight excluding hydrogens is 216 g/mol.